The molecule has 114 valence electrons. The number of aromatic nitrogens is 2. The summed E-state index contributed by atoms with van der Waals surface area (Å²) in [6, 6.07) is 14.3. The quantitative estimate of drug-likeness (QED) is 0.781. The van der Waals surface area contributed by atoms with Gasteiger partial charge in [-0.3, -0.25) is 0 Å². The average Bonchev–Trinajstić information content (AvgIpc) is 3.12. The van der Waals surface area contributed by atoms with Crippen molar-refractivity contribution in [3.63, 3.8) is 0 Å². The van der Waals surface area contributed by atoms with Crippen LogP contribution in [0.4, 0.5) is 5.69 Å². The number of aryl methyl sites for hydroxylation is 2. The van der Waals surface area contributed by atoms with Gasteiger partial charge in [0.2, 0.25) is 0 Å². The normalized spacial score (nSPS) is 12.9. The Labute approximate surface area is 134 Å². The van der Waals surface area contributed by atoms with E-state index in [1.54, 1.807) is 0 Å². The number of anilines is 1. The summed E-state index contributed by atoms with van der Waals surface area (Å²) < 4.78 is 5.27. The number of pyridine rings is 1. The number of fused-ring (bicyclic) bond motifs is 1. The van der Waals surface area contributed by atoms with Gasteiger partial charge >= 0.3 is 0 Å². The second-order valence-electron chi connectivity index (χ2n) is 5.72. The fourth-order valence-corrected chi connectivity index (χ4v) is 2.97. The van der Waals surface area contributed by atoms with Crippen LogP contribution < -0.4 is 5.32 Å². The summed E-state index contributed by atoms with van der Waals surface area (Å²) in [5.74, 6) is 0.800. The van der Waals surface area contributed by atoms with Crippen LogP contribution in [-0.2, 0) is 6.42 Å². The van der Waals surface area contributed by atoms with Gasteiger partial charge in [-0.25, -0.2) is 4.98 Å². The molecule has 1 aliphatic rings. The maximum atomic E-state index is 5.27. The Morgan fingerprint density at radius 3 is 2.61 bits per heavy atom. The standard InChI is InChI=1S/C19H17N3O/c1-12-18(13(2)23-22-12)16-10-8-14-9-11-17(19(14)21-16)20-15-6-4-3-5-7-15/h3-8,10-11,20H,9H2,1-2H3. The summed E-state index contributed by atoms with van der Waals surface area (Å²) in [5, 5.41) is 7.49. The highest BCUT2D eigenvalue weighted by molar-refractivity contribution is 5.81. The number of allylic oxidation sites excluding steroid dienone is 1. The van der Waals surface area contributed by atoms with E-state index in [2.05, 4.69) is 34.7 Å². The first-order chi connectivity index (χ1) is 11.2. The molecule has 0 bridgehead atoms. The van der Waals surface area contributed by atoms with Crippen molar-refractivity contribution in [3.05, 3.63) is 71.3 Å². The summed E-state index contributed by atoms with van der Waals surface area (Å²) >= 11 is 0. The maximum absolute atomic E-state index is 5.27. The van der Waals surface area contributed by atoms with E-state index < -0.39 is 0 Å². The summed E-state index contributed by atoms with van der Waals surface area (Å²) in [4.78, 5) is 4.86. The van der Waals surface area contributed by atoms with E-state index in [-0.39, 0.29) is 0 Å². The van der Waals surface area contributed by atoms with Crippen molar-refractivity contribution in [1.29, 1.82) is 0 Å². The molecule has 1 aromatic carbocycles. The Hall–Kier alpha value is -2.88. The second-order valence-corrected chi connectivity index (χ2v) is 5.72. The van der Waals surface area contributed by atoms with Crippen molar-refractivity contribution in [3.8, 4) is 11.3 Å². The van der Waals surface area contributed by atoms with E-state index in [1.165, 1.54) is 5.56 Å². The molecule has 23 heavy (non-hydrogen) atoms. The molecule has 0 saturated heterocycles. The van der Waals surface area contributed by atoms with Gasteiger partial charge in [-0.1, -0.05) is 35.5 Å². The lowest BCUT2D eigenvalue weighted by atomic mass is 10.1. The molecule has 1 N–H and O–H groups in total. The van der Waals surface area contributed by atoms with Gasteiger partial charge in [-0.15, -0.1) is 0 Å². The molecule has 0 amide bonds. The Morgan fingerprint density at radius 1 is 1.04 bits per heavy atom. The van der Waals surface area contributed by atoms with Crippen LogP contribution in [0.1, 0.15) is 22.7 Å². The van der Waals surface area contributed by atoms with Crippen LogP contribution in [0.2, 0.25) is 0 Å². The van der Waals surface area contributed by atoms with Gasteiger partial charge in [-0.2, -0.15) is 0 Å². The molecule has 4 rings (SSSR count). The van der Waals surface area contributed by atoms with Crippen molar-refractivity contribution >= 4 is 11.4 Å². The Bertz CT molecular complexity index is 875. The van der Waals surface area contributed by atoms with Gasteiger partial charge < -0.3 is 9.84 Å². The second kappa shape index (κ2) is 5.39. The molecule has 0 fully saturated rings. The van der Waals surface area contributed by atoms with Crippen molar-refractivity contribution < 1.29 is 4.52 Å². The van der Waals surface area contributed by atoms with Crippen LogP contribution in [0.25, 0.3) is 17.0 Å². The third-order valence-corrected chi connectivity index (χ3v) is 4.10. The lowest BCUT2D eigenvalue weighted by molar-refractivity contribution is 0.393. The van der Waals surface area contributed by atoms with Gasteiger partial charge in [0.25, 0.3) is 0 Å². The summed E-state index contributed by atoms with van der Waals surface area (Å²) in [5.41, 5.74) is 7.12. The van der Waals surface area contributed by atoms with Crippen molar-refractivity contribution in [1.82, 2.24) is 10.1 Å². The van der Waals surface area contributed by atoms with Crippen LogP contribution >= 0.6 is 0 Å². The summed E-state index contributed by atoms with van der Waals surface area (Å²) in [6.07, 6.45) is 3.08. The lowest BCUT2D eigenvalue weighted by Crippen LogP contribution is -2.01. The number of benzene rings is 1. The minimum Gasteiger partial charge on any atom is -0.361 e. The van der Waals surface area contributed by atoms with E-state index in [0.29, 0.717) is 0 Å². The predicted molar refractivity (Wildman–Crippen MR) is 91.0 cm³/mol. The molecular weight excluding hydrogens is 286 g/mol. The highest BCUT2D eigenvalue weighted by atomic mass is 16.5. The Kier molecular flexibility index (Phi) is 3.23. The molecule has 0 aliphatic heterocycles. The first-order valence-electron chi connectivity index (χ1n) is 7.68. The summed E-state index contributed by atoms with van der Waals surface area (Å²) in [6.45, 7) is 3.86. The van der Waals surface area contributed by atoms with Crippen molar-refractivity contribution in [2.24, 2.45) is 0 Å². The molecule has 0 unspecified atom stereocenters. The van der Waals surface area contributed by atoms with Crippen LogP contribution in [0, 0.1) is 13.8 Å². The largest absolute Gasteiger partial charge is 0.361 e. The fraction of sp³-hybridized carbons (Fsp3) is 0.158. The Balaban J connectivity index is 1.72. The minimum absolute atomic E-state index is 0.800. The van der Waals surface area contributed by atoms with Crippen LogP contribution in [0.15, 0.2) is 53.1 Å². The predicted octanol–water partition coefficient (Wildman–Crippen LogP) is 4.36. The molecular formula is C19H17N3O. The highest BCUT2D eigenvalue weighted by Crippen LogP contribution is 2.31. The van der Waals surface area contributed by atoms with Crippen LogP contribution in [0.5, 0.6) is 0 Å². The zero-order chi connectivity index (χ0) is 15.8. The molecule has 0 radical (unpaired) electrons. The summed E-state index contributed by atoms with van der Waals surface area (Å²) in [7, 11) is 0. The van der Waals surface area contributed by atoms with E-state index in [4.69, 9.17) is 9.51 Å². The number of nitrogens with zero attached hydrogens (tertiary/aromatic N) is 2. The smallest absolute Gasteiger partial charge is 0.143 e. The van der Waals surface area contributed by atoms with Gasteiger partial charge in [0.15, 0.2) is 0 Å². The molecule has 2 aromatic heterocycles. The van der Waals surface area contributed by atoms with Gasteiger partial charge in [0.05, 0.1) is 28.3 Å². The number of hydrogen-bond donors (Lipinski definition) is 1. The monoisotopic (exact) mass is 303 g/mol. The molecule has 0 atom stereocenters. The average molecular weight is 303 g/mol. The molecule has 1 aliphatic carbocycles. The highest BCUT2D eigenvalue weighted by Gasteiger charge is 2.19. The van der Waals surface area contributed by atoms with Crippen LogP contribution in [0.3, 0.4) is 0 Å². The van der Waals surface area contributed by atoms with Gasteiger partial charge in [0.1, 0.15) is 5.76 Å². The molecule has 4 nitrogen and oxygen atoms in total. The SMILES string of the molecule is Cc1noc(C)c1-c1ccc2c(n1)C(Nc1ccccc1)=CC2. The lowest BCUT2D eigenvalue weighted by Gasteiger charge is -2.10. The first kappa shape index (κ1) is 13.8. The van der Waals surface area contributed by atoms with Crippen LogP contribution in [-0.4, -0.2) is 10.1 Å². The maximum Gasteiger partial charge on any atom is 0.143 e. The van der Waals surface area contributed by atoms with Gasteiger partial charge in [0, 0.05) is 5.69 Å². The third-order valence-electron chi connectivity index (χ3n) is 4.10. The first-order valence-corrected chi connectivity index (χ1v) is 7.68. The number of rotatable bonds is 3. The minimum atomic E-state index is 0.800. The molecule has 0 spiro atoms. The number of hydrogen-bond acceptors (Lipinski definition) is 4. The van der Waals surface area contributed by atoms with E-state index in [9.17, 15) is 0 Å². The third kappa shape index (κ3) is 2.42. The number of nitrogens with one attached hydrogen (secondary N) is 1. The van der Waals surface area contributed by atoms with E-state index in [0.717, 1.165) is 46.2 Å². The van der Waals surface area contributed by atoms with E-state index in [1.807, 2.05) is 38.1 Å². The fourth-order valence-electron chi connectivity index (χ4n) is 2.97. The van der Waals surface area contributed by atoms with Crippen molar-refractivity contribution in [2.75, 3.05) is 5.32 Å². The van der Waals surface area contributed by atoms with Crippen molar-refractivity contribution in [2.45, 2.75) is 20.3 Å². The zero-order valence-corrected chi connectivity index (χ0v) is 13.1. The molecule has 2 heterocycles. The topological polar surface area (TPSA) is 51.0 Å². The zero-order valence-electron chi connectivity index (χ0n) is 13.1. The van der Waals surface area contributed by atoms with E-state index >= 15 is 0 Å². The number of para-hydroxylation sites is 1. The molecule has 4 heteroatoms. The Morgan fingerprint density at radius 2 is 1.87 bits per heavy atom. The molecule has 3 aromatic rings. The molecule has 0 saturated carbocycles. The van der Waals surface area contributed by atoms with Gasteiger partial charge in [-0.05, 0) is 44.0 Å².